The van der Waals surface area contributed by atoms with E-state index >= 15 is 0 Å². The van der Waals surface area contributed by atoms with Gasteiger partial charge in [0, 0.05) is 0 Å². The molecular weight excluding hydrogens is 285 g/mol. The van der Waals surface area contributed by atoms with E-state index < -0.39 is 15.5 Å². The van der Waals surface area contributed by atoms with Gasteiger partial charge in [0.1, 0.15) is 5.37 Å². The third kappa shape index (κ3) is 15.3. The summed E-state index contributed by atoms with van der Waals surface area (Å²) in [6, 6.07) is 0. The smallest absolute Gasteiger partial charge is 1.00 e. The van der Waals surface area contributed by atoms with Crippen LogP contribution in [0.1, 0.15) is 79.5 Å². The summed E-state index contributed by atoms with van der Waals surface area (Å²) >= 11 is 0. The van der Waals surface area contributed by atoms with Gasteiger partial charge in [-0.3, -0.25) is 9.87 Å². The van der Waals surface area contributed by atoms with Gasteiger partial charge in [-0.1, -0.05) is 64.7 Å². The standard InChI is InChI=1S/C14H31NO3S.Na.H/c1-3-4-5-6-7-8-9-10-11-12-13-15-14(2)19(16,17)18;;/h14-15H,3-13H2,1-2H3,(H,16,17,18);;/q;+1;-1. The predicted molar refractivity (Wildman–Crippen MR) is 82.0 cm³/mol. The van der Waals surface area contributed by atoms with E-state index in [4.69, 9.17) is 4.55 Å². The fraction of sp³-hybridized carbons (Fsp3) is 1.00. The van der Waals surface area contributed by atoms with Crippen molar-refractivity contribution < 1.29 is 44.0 Å². The maximum absolute atomic E-state index is 10.7. The van der Waals surface area contributed by atoms with Gasteiger partial charge in [-0.2, -0.15) is 8.42 Å². The summed E-state index contributed by atoms with van der Waals surface area (Å²) in [6.45, 7) is 4.35. The van der Waals surface area contributed by atoms with Crippen LogP contribution in [0, 0.1) is 0 Å². The third-order valence-electron chi connectivity index (χ3n) is 3.41. The van der Waals surface area contributed by atoms with Crippen molar-refractivity contribution >= 4 is 10.1 Å². The Hall–Kier alpha value is 0.870. The zero-order valence-corrected chi connectivity index (χ0v) is 16.3. The maximum atomic E-state index is 10.7. The molecule has 0 aliphatic rings. The molecule has 1 unspecified atom stereocenters. The van der Waals surface area contributed by atoms with E-state index in [0.717, 1.165) is 12.8 Å². The molecule has 6 heteroatoms. The summed E-state index contributed by atoms with van der Waals surface area (Å²) in [6.07, 6.45) is 12.6. The van der Waals surface area contributed by atoms with E-state index in [1.807, 2.05) is 0 Å². The molecule has 20 heavy (non-hydrogen) atoms. The topological polar surface area (TPSA) is 66.4 Å². The van der Waals surface area contributed by atoms with E-state index in [-0.39, 0.29) is 31.0 Å². The van der Waals surface area contributed by atoms with E-state index in [2.05, 4.69) is 12.2 Å². The van der Waals surface area contributed by atoms with E-state index in [1.165, 1.54) is 58.3 Å². The first kappa shape index (κ1) is 23.1. The van der Waals surface area contributed by atoms with Crippen LogP contribution in [0.3, 0.4) is 0 Å². The van der Waals surface area contributed by atoms with Crippen molar-refractivity contribution in [3.05, 3.63) is 0 Å². The van der Waals surface area contributed by atoms with Crippen LogP contribution in [0.15, 0.2) is 0 Å². The van der Waals surface area contributed by atoms with Gasteiger partial charge < -0.3 is 1.43 Å². The van der Waals surface area contributed by atoms with Gasteiger partial charge in [0.15, 0.2) is 0 Å². The number of unbranched alkanes of at least 4 members (excludes halogenated alkanes) is 9. The second-order valence-electron chi connectivity index (χ2n) is 5.29. The fourth-order valence-electron chi connectivity index (χ4n) is 2.02. The molecule has 0 spiro atoms. The Morgan fingerprint density at radius 1 is 0.950 bits per heavy atom. The van der Waals surface area contributed by atoms with Crippen LogP contribution in [-0.4, -0.2) is 24.9 Å². The van der Waals surface area contributed by atoms with Crippen LogP contribution >= 0.6 is 0 Å². The number of hydrogen-bond acceptors (Lipinski definition) is 3. The Morgan fingerprint density at radius 2 is 1.35 bits per heavy atom. The number of nitrogens with one attached hydrogen (secondary N) is 1. The average Bonchev–Trinajstić information content (AvgIpc) is 2.34. The average molecular weight is 317 g/mol. The maximum Gasteiger partial charge on any atom is 1.00 e. The Bertz CT molecular complexity index is 303. The molecule has 0 aromatic heterocycles. The van der Waals surface area contributed by atoms with Crippen molar-refractivity contribution in [2.24, 2.45) is 0 Å². The minimum Gasteiger partial charge on any atom is -1.00 e. The molecule has 0 aromatic rings. The first-order chi connectivity index (χ1) is 8.98. The first-order valence-corrected chi connectivity index (χ1v) is 9.18. The zero-order chi connectivity index (χ0) is 14.6. The Balaban J connectivity index is -0.00000162. The molecule has 0 aliphatic carbocycles. The second kappa shape index (κ2) is 14.8. The minimum atomic E-state index is -3.93. The van der Waals surface area contributed by atoms with Crippen molar-refractivity contribution in [1.82, 2.24) is 5.32 Å². The van der Waals surface area contributed by atoms with E-state index in [0.29, 0.717) is 6.54 Å². The molecule has 2 N–H and O–H groups in total. The zero-order valence-electron chi connectivity index (χ0n) is 14.5. The predicted octanol–water partition coefficient (Wildman–Crippen LogP) is 0.847. The fourth-order valence-corrected chi connectivity index (χ4v) is 2.35. The molecular formula is C14H32NNaO3S. The van der Waals surface area contributed by atoms with Gasteiger partial charge in [-0.15, -0.1) is 0 Å². The monoisotopic (exact) mass is 317 g/mol. The Labute approximate surface area is 149 Å². The van der Waals surface area contributed by atoms with Gasteiger partial charge >= 0.3 is 29.6 Å². The van der Waals surface area contributed by atoms with Crippen molar-refractivity contribution in [2.75, 3.05) is 6.54 Å². The molecule has 0 heterocycles. The molecule has 0 bridgehead atoms. The largest absolute Gasteiger partial charge is 1.00 e. The van der Waals surface area contributed by atoms with Crippen molar-refractivity contribution in [1.29, 1.82) is 0 Å². The van der Waals surface area contributed by atoms with Gasteiger partial charge in [-0.25, -0.2) is 0 Å². The summed E-state index contributed by atoms with van der Waals surface area (Å²) in [5, 5.41) is 1.95. The normalized spacial score (nSPS) is 12.9. The summed E-state index contributed by atoms with van der Waals surface area (Å²) in [5.74, 6) is 0. The summed E-state index contributed by atoms with van der Waals surface area (Å²) in [4.78, 5) is 0. The van der Waals surface area contributed by atoms with Gasteiger partial charge in [0.25, 0.3) is 10.1 Å². The SMILES string of the molecule is CCCCCCCCCCCCNC(C)S(=O)(=O)O.[H-].[Na+]. The van der Waals surface area contributed by atoms with Crippen molar-refractivity contribution in [3.8, 4) is 0 Å². The molecule has 4 nitrogen and oxygen atoms in total. The number of rotatable bonds is 13. The quantitative estimate of drug-likeness (QED) is 0.300. The number of hydrogen-bond donors (Lipinski definition) is 2. The first-order valence-electron chi connectivity index (χ1n) is 7.68. The second-order valence-corrected chi connectivity index (χ2v) is 7.03. The van der Waals surface area contributed by atoms with Crippen LogP contribution in [0.4, 0.5) is 0 Å². The van der Waals surface area contributed by atoms with E-state index in [1.54, 1.807) is 0 Å². The molecule has 0 aromatic carbocycles. The van der Waals surface area contributed by atoms with Crippen LogP contribution in [-0.2, 0) is 10.1 Å². The molecule has 0 amide bonds. The Morgan fingerprint density at radius 3 is 1.75 bits per heavy atom. The molecule has 0 fully saturated rings. The minimum absolute atomic E-state index is 0. The van der Waals surface area contributed by atoms with Crippen LogP contribution in [0.5, 0.6) is 0 Å². The molecule has 0 rings (SSSR count). The van der Waals surface area contributed by atoms with Crippen molar-refractivity contribution in [3.63, 3.8) is 0 Å². The summed E-state index contributed by atoms with van der Waals surface area (Å²) in [7, 11) is -3.93. The summed E-state index contributed by atoms with van der Waals surface area (Å²) in [5.41, 5.74) is 0. The van der Waals surface area contributed by atoms with Gasteiger partial charge in [0.05, 0.1) is 0 Å². The molecule has 1 atom stereocenters. The summed E-state index contributed by atoms with van der Waals surface area (Å²) < 4.78 is 30.2. The van der Waals surface area contributed by atoms with Gasteiger partial charge in [0.2, 0.25) is 0 Å². The molecule has 0 aliphatic heterocycles. The van der Waals surface area contributed by atoms with Crippen molar-refractivity contribution in [2.45, 2.75) is 83.4 Å². The van der Waals surface area contributed by atoms with Crippen LogP contribution < -0.4 is 34.9 Å². The van der Waals surface area contributed by atoms with Crippen LogP contribution in [0.25, 0.3) is 0 Å². The third-order valence-corrected chi connectivity index (χ3v) is 4.47. The Kier molecular flexibility index (Phi) is 17.1. The molecule has 0 saturated heterocycles. The van der Waals surface area contributed by atoms with Crippen LogP contribution in [0.2, 0.25) is 0 Å². The molecule has 0 saturated carbocycles. The molecule has 0 radical (unpaired) electrons. The molecule has 118 valence electrons. The van der Waals surface area contributed by atoms with Gasteiger partial charge in [-0.05, 0) is 19.9 Å². The van der Waals surface area contributed by atoms with E-state index in [9.17, 15) is 8.42 Å².